The molecule has 1 aliphatic rings. The van der Waals surface area contributed by atoms with Crippen LogP contribution < -0.4 is 4.90 Å². The van der Waals surface area contributed by atoms with E-state index < -0.39 is 0 Å². The average molecular weight is 370 g/mol. The summed E-state index contributed by atoms with van der Waals surface area (Å²) < 4.78 is 5.85. The number of amides is 1. The summed E-state index contributed by atoms with van der Waals surface area (Å²) in [5.74, 6) is 0.280. The highest BCUT2D eigenvalue weighted by Gasteiger charge is 2.29. The summed E-state index contributed by atoms with van der Waals surface area (Å²) in [5.41, 5.74) is 1.68. The van der Waals surface area contributed by atoms with Crippen LogP contribution in [-0.2, 0) is 11.3 Å². The highest BCUT2D eigenvalue weighted by atomic mass is 32.1. The molecule has 26 heavy (non-hydrogen) atoms. The second kappa shape index (κ2) is 7.07. The van der Waals surface area contributed by atoms with Crippen molar-refractivity contribution in [3.63, 3.8) is 0 Å². The lowest BCUT2D eigenvalue weighted by molar-refractivity contribution is -0.135. The fourth-order valence-corrected chi connectivity index (χ4v) is 4.26. The number of nitrogens with zero attached hydrogens (tertiary/aromatic N) is 4. The number of benzene rings is 1. The van der Waals surface area contributed by atoms with Crippen molar-refractivity contribution in [2.75, 3.05) is 25.0 Å². The van der Waals surface area contributed by atoms with Crippen molar-refractivity contribution >= 4 is 34.4 Å². The van der Waals surface area contributed by atoms with Gasteiger partial charge in [-0.25, -0.2) is 4.98 Å². The summed E-state index contributed by atoms with van der Waals surface area (Å²) in [6, 6.07) is 8.45. The van der Waals surface area contributed by atoms with Crippen molar-refractivity contribution < 1.29 is 9.21 Å². The molecule has 0 spiro atoms. The topological polar surface area (TPSA) is 62.5 Å². The Bertz CT molecular complexity index is 878. The van der Waals surface area contributed by atoms with Crippen LogP contribution in [0.25, 0.3) is 11.1 Å². The fourth-order valence-electron chi connectivity index (χ4n) is 3.41. The van der Waals surface area contributed by atoms with Crippen molar-refractivity contribution in [3.8, 4) is 0 Å². The minimum Gasteiger partial charge on any atom is -0.423 e. The molecule has 0 saturated carbocycles. The third-order valence-corrected chi connectivity index (χ3v) is 5.73. The first-order valence-electron chi connectivity index (χ1n) is 8.87. The molecule has 0 N–H and O–H groups in total. The van der Waals surface area contributed by atoms with E-state index in [1.165, 1.54) is 0 Å². The molecule has 1 fully saturated rings. The molecule has 2 aromatic heterocycles. The fraction of sp³-hybridized carbons (Fsp3) is 0.421. The molecule has 3 heterocycles. The van der Waals surface area contributed by atoms with Gasteiger partial charge in [-0.15, -0.1) is 11.3 Å². The van der Waals surface area contributed by atoms with Gasteiger partial charge >= 0.3 is 0 Å². The number of aromatic nitrogens is 2. The minimum atomic E-state index is 0.0645. The Hall–Kier alpha value is -2.41. The Morgan fingerprint density at radius 2 is 2.12 bits per heavy atom. The first-order valence-corrected chi connectivity index (χ1v) is 9.68. The van der Waals surface area contributed by atoms with Gasteiger partial charge in [0.2, 0.25) is 5.91 Å². The Kier molecular flexibility index (Phi) is 4.63. The van der Waals surface area contributed by atoms with Crippen LogP contribution in [0.3, 0.4) is 0 Å². The Labute approximate surface area is 156 Å². The van der Waals surface area contributed by atoms with Gasteiger partial charge in [-0.05, 0) is 31.9 Å². The summed E-state index contributed by atoms with van der Waals surface area (Å²) in [5, 5.41) is 1.03. The number of hydrogen-bond acceptors (Lipinski definition) is 6. The van der Waals surface area contributed by atoms with Crippen LogP contribution in [0.2, 0.25) is 0 Å². The summed E-state index contributed by atoms with van der Waals surface area (Å²) >= 11 is 1.65. The quantitative estimate of drug-likeness (QED) is 0.704. The Balaban J connectivity index is 1.35. The van der Waals surface area contributed by atoms with E-state index in [0.717, 1.165) is 46.9 Å². The zero-order chi connectivity index (χ0) is 18.1. The molecule has 1 amide bonds. The molecule has 4 rings (SSSR count). The van der Waals surface area contributed by atoms with Gasteiger partial charge in [0.25, 0.3) is 6.01 Å². The van der Waals surface area contributed by atoms with Gasteiger partial charge in [0.05, 0.1) is 11.6 Å². The molecule has 0 radical (unpaired) electrons. The third kappa shape index (κ3) is 3.44. The number of oxazole rings is 1. The van der Waals surface area contributed by atoms with E-state index in [2.05, 4.69) is 14.9 Å². The van der Waals surface area contributed by atoms with E-state index in [1.54, 1.807) is 11.3 Å². The lowest BCUT2D eigenvalue weighted by Gasteiger charge is -2.32. The highest BCUT2D eigenvalue weighted by molar-refractivity contribution is 7.11. The van der Waals surface area contributed by atoms with Gasteiger partial charge in [-0.1, -0.05) is 12.1 Å². The van der Waals surface area contributed by atoms with Crippen LogP contribution in [0.1, 0.15) is 22.7 Å². The van der Waals surface area contributed by atoms with Gasteiger partial charge in [0.1, 0.15) is 5.52 Å². The Morgan fingerprint density at radius 1 is 1.35 bits per heavy atom. The van der Waals surface area contributed by atoms with Crippen LogP contribution in [0.5, 0.6) is 0 Å². The van der Waals surface area contributed by atoms with Crippen LogP contribution >= 0.6 is 11.3 Å². The van der Waals surface area contributed by atoms with E-state index in [9.17, 15) is 4.79 Å². The summed E-state index contributed by atoms with van der Waals surface area (Å²) in [6.07, 6.45) is 3.51. The minimum absolute atomic E-state index is 0.0645. The summed E-state index contributed by atoms with van der Waals surface area (Å²) in [7, 11) is 1.88. The normalized spacial score (nSPS) is 15.5. The molecule has 0 unspecified atom stereocenters. The maximum absolute atomic E-state index is 12.7. The zero-order valence-corrected chi connectivity index (χ0v) is 15.8. The van der Waals surface area contributed by atoms with Crippen LogP contribution in [0.4, 0.5) is 6.01 Å². The first kappa shape index (κ1) is 17.0. The predicted molar refractivity (Wildman–Crippen MR) is 102 cm³/mol. The van der Waals surface area contributed by atoms with Crippen LogP contribution in [0, 0.1) is 12.8 Å². The smallest absolute Gasteiger partial charge is 0.298 e. The van der Waals surface area contributed by atoms with Gasteiger partial charge in [-0.3, -0.25) is 4.79 Å². The number of hydrogen-bond donors (Lipinski definition) is 0. The number of piperidine rings is 1. The molecular weight excluding hydrogens is 348 g/mol. The number of para-hydroxylation sites is 2. The summed E-state index contributed by atoms with van der Waals surface area (Å²) in [4.78, 5) is 26.7. The van der Waals surface area contributed by atoms with E-state index in [-0.39, 0.29) is 11.8 Å². The second-order valence-electron chi connectivity index (χ2n) is 6.77. The Morgan fingerprint density at radius 3 is 2.81 bits per heavy atom. The molecular formula is C19H22N4O2S. The van der Waals surface area contributed by atoms with Gasteiger partial charge < -0.3 is 14.2 Å². The van der Waals surface area contributed by atoms with Gasteiger partial charge in [-0.2, -0.15) is 4.98 Å². The number of carbonyl (C=O) groups is 1. The van der Waals surface area contributed by atoms with Gasteiger partial charge in [0, 0.05) is 37.1 Å². The van der Waals surface area contributed by atoms with Gasteiger partial charge in [0.15, 0.2) is 5.58 Å². The van der Waals surface area contributed by atoms with Crippen molar-refractivity contribution in [2.45, 2.75) is 26.3 Å². The van der Waals surface area contributed by atoms with Crippen molar-refractivity contribution in [2.24, 2.45) is 5.92 Å². The molecule has 0 bridgehead atoms. The average Bonchev–Trinajstić information content (AvgIpc) is 3.27. The molecule has 7 heteroatoms. The third-order valence-electron chi connectivity index (χ3n) is 4.84. The molecule has 1 aliphatic heterocycles. The summed E-state index contributed by atoms with van der Waals surface area (Å²) in [6.45, 7) is 4.20. The molecule has 0 aliphatic carbocycles. The van der Waals surface area contributed by atoms with E-state index in [0.29, 0.717) is 12.6 Å². The number of anilines is 1. The number of rotatable bonds is 4. The second-order valence-corrected chi connectivity index (χ2v) is 8.08. The highest BCUT2D eigenvalue weighted by Crippen LogP contribution is 2.27. The molecule has 1 saturated heterocycles. The standard InChI is InChI=1S/C19H22N4O2S/c1-13-20-11-15(26-13)12-22(2)18(24)14-7-9-23(10-8-14)19-21-16-5-3-4-6-17(16)25-19/h3-6,11,14H,7-10,12H2,1-2H3. The van der Waals surface area contributed by atoms with Crippen molar-refractivity contribution in [1.82, 2.24) is 14.9 Å². The molecule has 0 atom stereocenters. The number of aryl methyl sites for hydroxylation is 1. The first-order chi connectivity index (χ1) is 12.6. The van der Waals surface area contributed by atoms with Crippen molar-refractivity contribution in [3.05, 3.63) is 40.3 Å². The lowest BCUT2D eigenvalue weighted by Crippen LogP contribution is -2.41. The zero-order valence-electron chi connectivity index (χ0n) is 15.0. The maximum Gasteiger partial charge on any atom is 0.298 e. The SMILES string of the molecule is Cc1ncc(CN(C)C(=O)C2CCN(c3nc4ccccc4o3)CC2)s1. The lowest BCUT2D eigenvalue weighted by atomic mass is 9.95. The molecule has 3 aromatic rings. The van der Waals surface area contributed by atoms with E-state index >= 15 is 0 Å². The molecule has 6 nitrogen and oxygen atoms in total. The largest absolute Gasteiger partial charge is 0.423 e. The van der Waals surface area contributed by atoms with Crippen LogP contribution in [0.15, 0.2) is 34.9 Å². The van der Waals surface area contributed by atoms with E-state index in [4.69, 9.17) is 4.42 Å². The number of thiazole rings is 1. The monoisotopic (exact) mass is 370 g/mol. The number of fused-ring (bicyclic) bond motifs is 1. The number of carbonyl (C=O) groups excluding carboxylic acids is 1. The van der Waals surface area contributed by atoms with Crippen molar-refractivity contribution in [1.29, 1.82) is 0 Å². The van der Waals surface area contributed by atoms with E-state index in [1.807, 2.05) is 49.3 Å². The van der Waals surface area contributed by atoms with Crippen LogP contribution in [-0.4, -0.2) is 40.9 Å². The maximum atomic E-state index is 12.7. The molecule has 1 aromatic carbocycles. The predicted octanol–water partition coefficient (Wildman–Crippen LogP) is 3.47. The molecule has 136 valence electrons.